The van der Waals surface area contributed by atoms with E-state index < -0.39 is 0 Å². The first-order valence-corrected chi connectivity index (χ1v) is 6.09. The Balaban J connectivity index is 2.16. The molecule has 4 N–H and O–H groups in total. The standard InChI is InChI=1S/C9H20N4S/c1-13-6-3-2-4-8(13)5-7-14-9(10)12-11/h8H,2-7,11H2,1H3,(H2,10,12). The molecule has 0 bridgehead atoms. The zero-order valence-electron chi connectivity index (χ0n) is 8.78. The van der Waals surface area contributed by atoms with Gasteiger partial charge in [-0.25, -0.2) is 0 Å². The zero-order chi connectivity index (χ0) is 10.4. The van der Waals surface area contributed by atoms with Gasteiger partial charge in [-0.3, -0.25) is 0 Å². The van der Waals surface area contributed by atoms with E-state index in [4.69, 9.17) is 11.6 Å². The van der Waals surface area contributed by atoms with Crippen LogP contribution in [0.5, 0.6) is 0 Å². The van der Waals surface area contributed by atoms with Crippen LogP contribution in [-0.2, 0) is 0 Å². The van der Waals surface area contributed by atoms with Gasteiger partial charge in [0, 0.05) is 11.8 Å². The van der Waals surface area contributed by atoms with Gasteiger partial charge in [0.1, 0.15) is 0 Å². The molecule has 82 valence electrons. The van der Waals surface area contributed by atoms with E-state index in [2.05, 4.69) is 17.0 Å². The number of hydrogen-bond acceptors (Lipinski definition) is 4. The monoisotopic (exact) mass is 216 g/mol. The van der Waals surface area contributed by atoms with Crippen LogP contribution in [0.3, 0.4) is 0 Å². The quantitative estimate of drug-likeness (QED) is 0.317. The summed E-state index contributed by atoms with van der Waals surface area (Å²) in [7, 11) is 2.20. The van der Waals surface area contributed by atoms with Crippen LogP contribution in [0.15, 0.2) is 5.10 Å². The van der Waals surface area contributed by atoms with Gasteiger partial charge in [-0.2, -0.15) is 5.10 Å². The van der Waals surface area contributed by atoms with E-state index in [9.17, 15) is 0 Å². The molecule has 1 aliphatic rings. The van der Waals surface area contributed by atoms with Crippen LogP contribution in [0.1, 0.15) is 25.7 Å². The third-order valence-corrected chi connectivity index (χ3v) is 3.59. The Morgan fingerprint density at radius 2 is 2.36 bits per heavy atom. The minimum atomic E-state index is 0.489. The first-order chi connectivity index (χ1) is 6.74. The van der Waals surface area contributed by atoms with Crippen LogP contribution in [-0.4, -0.2) is 35.5 Å². The highest BCUT2D eigenvalue weighted by Gasteiger charge is 2.18. The van der Waals surface area contributed by atoms with Crippen molar-refractivity contribution in [3.63, 3.8) is 0 Å². The first-order valence-electron chi connectivity index (χ1n) is 5.10. The Bertz CT molecular complexity index is 195. The lowest BCUT2D eigenvalue weighted by Crippen LogP contribution is -2.36. The summed E-state index contributed by atoms with van der Waals surface area (Å²) in [6, 6.07) is 0.724. The van der Waals surface area contributed by atoms with Crippen molar-refractivity contribution in [3.05, 3.63) is 0 Å². The largest absolute Gasteiger partial charge is 0.377 e. The second-order valence-corrected chi connectivity index (χ2v) is 4.85. The number of piperidine rings is 1. The Morgan fingerprint density at radius 3 is 3.00 bits per heavy atom. The van der Waals surface area contributed by atoms with E-state index in [-0.39, 0.29) is 0 Å². The summed E-state index contributed by atoms with van der Waals surface area (Å²) in [6.45, 7) is 1.23. The molecule has 0 spiro atoms. The van der Waals surface area contributed by atoms with E-state index in [1.165, 1.54) is 32.2 Å². The molecule has 1 atom stereocenters. The van der Waals surface area contributed by atoms with Gasteiger partial charge in [0.05, 0.1) is 0 Å². The normalized spacial score (nSPS) is 25.2. The fraction of sp³-hybridized carbons (Fsp3) is 0.889. The van der Waals surface area contributed by atoms with Crippen molar-refractivity contribution in [2.45, 2.75) is 31.7 Å². The van der Waals surface area contributed by atoms with Crippen molar-refractivity contribution >= 4 is 16.9 Å². The fourth-order valence-corrected chi connectivity index (χ4v) is 2.52. The summed E-state index contributed by atoms with van der Waals surface area (Å²) < 4.78 is 0. The minimum Gasteiger partial charge on any atom is -0.377 e. The van der Waals surface area contributed by atoms with Gasteiger partial charge in [0.15, 0.2) is 5.17 Å². The molecule has 0 radical (unpaired) electrons. The SMILES string of the molecule is CN1CCCCC1CCSC(N)=NN. The molecule has 5 heteroatoms. The van der Waals surface area contributed by atoms with Gasteiger partial charge in [-0.1, -0.05) is 18.2 Å². The van der Waals surface area contributed by atoms with Crippen molar-refractivity contribution in [2.75, 3.05) is 19.3 Å². The molecule has 14 heavy (non-hydrogen) atoms. The first kappa shape index (κ1) is 11.7. The number of thioether (sulfide) groups is 1. The topological polar surface area (TPSA) is 67.6 Å². The Kier molecular flexibility index (Phi) is 5.11. The van der Waals surface area contributed by atoms with E-state index >= 15 is 0 Å². The van der Waals surface area contributed by atoms with Gasteiger partial charge in [-0.05, 0) is 32.9 Å². The summed E-state index contributed by atoms with van der Waals surface area (Å²) in [6.07, 6.45) is 5.20. The lowest BCUT2D eigenvalue weighted by molar-refractivity contribution is 0.182. The minimum absolute atomic E-state index is 0.489. The van der Waals surface area contributed by atoms with E-state index in [0.717, 1.165) is 11.8 Å². The Hall–Kier alpha value is -0.420. The molecule has 1 fully saturated rings. The van der Waals surface area contributed by atoms with E-state index in [0.29, 0.717) is 5.17 Å². The van der Waals surface area contributed by atoms with E-state index in [1.807, 2.05) is 0 Å². The summed E-state index contributed by atoms with van der Waals surface area (Å²) in [4.78, 5) is 2.44. The maximum atomic E-state index is 5.50. The molecule has 1 saturated heterocycles. The fourth-order valence-electron chi connectivity index (χ4n) is 1.85. The Labute approximate surface area is 90.1 Å². The predicted molar refractivity (Wildman–Crippen MR) is 63.2 cm³/mol. The summed E-state index contributed by atoms with van der Waals surface area (Å²) in [5.41, 5.74) is 5.50. The third-order valence-electron chi connectivity index (χ3n) is 2.75. The van der Waals surface area contributed by atoms with Crippen molar-refractivity contribution in [3.8, 4) is 0 Å². The van der Waals surface area contributed by atoms with E-state index in [1.54, 1.807) is 11.8 Å². The smallest absolute Gasteiger partial charge is 0.177 e. The molecule has 0 aliphatic carbocycles. The average molecular weight is 216 g/mol. The number of hydrogen-bond donors (Lipinski definition) is 2. The highest BCUT2D eigenvalue weighted by molar-refractivity contribution is 8.13. The van der Waals surface area contributed by atoms with Crippen LogP contribution in [0.4, 0.5) is 0 Å². The van der Waals surface area contributed by atoms with Crippen LogP contribution in [0, 0.1) is 0 Å². The molecule has 0 amide bonds. The molecule has 1 aliphatic heterocycles. The van der Waals surface area contributed by atoms with Crippen LogP contribution in [0.2, 0.25) is 0 Å². The average Bonchev–Trinajstić information content (AvgIpc) is 2.20. The number of hydrazone groups is 1. The molecule has 0 aromatic carbocycles. The second-order valence-electron chi connectivity index (χ2n) is 3.73. The van der Waals surface area contributed by atoms with Crippen molar-refractivity contribution in [1.29, 1.82) is 0 Å². The molecule has 4 nitrogen and oxygen atoms in total. The van der Waals surface area contributed by atoms with Gasteiger partial charge in [0.2, 0.25) is 0 Å². The van der Waals surface area contributed by atoms with Crippen molar-refractivity contribution in [1.82, 2.24) is 4.90 Å². The molecule has 0 aromatic heterocycles. The molecular formula is C9H20N4S. The molecule has 1 heterocycles. The van der Waals surface area contributed by atoms with Crippen molar-refractivity contribution in [2.24, 2.45) is 16.7 Å². The predicted octanol–water partition coefficient (Wildman–Crippen LogP) is 0.782. The lowest BCUT2D eigenvalue weighted by atomic mass is 10.0. The van der Waals surface area contributed by atoms with Crippen LogP contribution < -0.4 is 11.6 Å². The maximum Gasteiger partial charge on any atom is 0.177 e. The summed E-state index contributed by atoms with van der Waals surface area (Å²) in [5, 5.41) is 3.92. The number of amidine groups is 1. The third kappa shape index (κ3) is 3.75. The van der Waals surface area contributed by atoms with Crippen LogP contribution >= 0.6 is 11.8 Å². The van der Waals surface area contributed by atoms with Gasteiger partial charge < -0.3 is 16.5 Å². The summed E-state index contributed by atoms with van der Waals surface area (Å²) >= 11 is 1.55. The van der Waals surface area contributed by atoms with Gasteiger partial charge in [0.25, 0.3) is 0 Å². The number of nitrogens with zero attached hydrogens (tertiary/aromatic N) is 2. The highest BCUT2D eigenvalue weighted by atomic mass is 32.2. The lowest BCUT2D eigenvalue weighted by Gasteiger charge is -2.32. The number of nitrogens with two attached hydrogens (primary N) is 2. The van der Waals surface area contributed by atoms with Gasteiger partial charge >= 0.3 is 0 Å². The molecule has 0 saturated carbocycles. The molecular weight excluding hydrogens is 196 g/mol. The molecule has 1 rings (SSSR count). The molecule has 0 aromatic rings. The maximum absolute atomic E-state index is 5.50. The van der Waals surface area contributed by atoms with Crippen LogP contribution in [0.25, 0.3) is 0 Å². The molecule has 1 unspecified atom stereocenters. The number of rotatable bonds is 3. The highest BCUT2D eigenvalue weighted by Crippen LogP contribution is 2.19. The van der Waals surface area contributed by atoms with Crippen molar-refractivity contribution < 1.29 is 0 Å². The zero-order valence-corrected chi connectivity index (χ0v) is 9.59. The number of likely N-dealkylation sites (tertiary alicyclic amines) is 1. The second kappa shape index (κ2) is 6.14. The Morgan fingerprint density at radius 1 is 1.57 bits per heavy atom. The van der Waals surface area contributed by atoms with Gasteiger partial charge in [-0.15, -0.1) is 0 Å². The summed E-state index contributed by atoms with van der Waals surface area (Å²) in [5.74, 6) is 6.07.